The van der Waals surface area contributed by atoms with E-state index in [1.807, 2.05) is 17.5 Å². The van der Waals surface area contributed by atoms with Gasteiger partial charge in [0.05, 0.1) is 4.88 Å². The van der Waals surface area contributed by atoms with E-state index in [1.165, 1.54) is 19.3 Å². The first-order valence-electron chi connectivity index (χ1n) is 7.63. The molecule has 0 radical (unpaired) electrons. The number of H-pyrrole nitrogens is 1. The lowest BCUT2D eigenvalue weighted by Gasteiger charge is -2.29. The minimum absolute atomic E-state index is 0.00839. The fourth-order valence-electron chi connectivity index (χ4n) is 2.98. The van der Waals surface area contributed by atoms with Crippen molar-refractivity contribution >= 4 is 29.5 Å². The second-order valence-corrected chi connectivity index (χ2v) is 7.19. The lowest BCUT2D eigenvalue weighted by atomic mass is 9.86. The van der Waals surface area contributed by atoms with Crippen LogP contribution >= 0.6 is 23.6 Å². The number of hydrogen-bond acceptors (Lipinski definition) is 4. The quantitative estimate of drug-likeness (QED) is 0.842. The number of carbonyl (C=O) groups excluding carboxylic acids is 1. The molecule has 0 aromatic carbocycles. The first-order valence-corrected chi connectivity index (χ1v) is 8.92. The summed E-state index contributed by atoms with van der Waals surface area (Å²) in [5.74, 6) is 1.28. The van der Waals surface area contributed by atoms with Gasteiger partial charge in [0.1, 0.15) is 6.54 Å². The number of amides is 1. The van der Waals surface area contributed by atoms with E-state index in [0.29, 0.717) is 10.7 Å². The van der Waals surface area contributed by atoms with Crippen LogP contribution in [0.3, 0.4) is 0 Å². The molecule has 5 nitrogen and oxygen atoms in total. The number of thiophene rings is 1. The van der Waals surface area contributed by atoms with Crippen molar-refractivity contribution in [1.82, 2.24) is 20.1 Å². The van der Waals surface area contributed by atoms with Crippen LogP contribution in [0.1, 0.15) is 32.6 Å². The molecule has 1 aliphatic carbocycles. The maximum absolute atomic E-state index is 12.4. The van der Waals surface area contributed by atoms with Crippen LogP contribution in [0.25, 0.3) is 10.7 Å². The zero-order valence-electron chi connectivity index (χ0n) is 12.5. The monoisotopic (exact) mass is 336 g/mol. The van der Waals surface area contributed by atoms with Crippen LogP contribution in [-0.2, 0) is 11.3 Å². The molecule has 0 aliphatic heterocycles. The Balaban J connectivity index is 1.72. The van der Waals surface area contributed by atoms with E-state index in [1.54, 1.807) is 15.9 Å². The Morgan fingerprint density at radius 3 is 3.09 bits per heavy atom. The Kier molecular flexibility index (Phi) is 4.73. The summed E-state index contributed by atoms with van der Waals surface area (Å²) in [6, 6.07) is 4.23. The maximum Gasteiger partial charge on any atom is 0.240 e. The summed E-state index contributed by atoms with van der Waals surface area (Å²) < 4.78 is 2.25. The zero-order valence-corrected chi connectivity index (χ0v) is 14.2. The predicted octanol–water partition coefficient (Wildman–Crippen LogP) is 3.36. The van der Waals surface area contributed by atoms with Crippen molar-refractivity contribution in [1.29, 1.82) is 0 Å². The van der Waals surface area contributed by atoms with Crippen LogP contribution in [0.5, 0.6) is 0 Å². The molecule has 3 rings (SSSR count). The van der Waals surface area contributed by atoms with Gasteiger partial charge < -0.3 is 5.32 Å². The van der Waals surface area contributed by atoms with Gasteiger partial charge in [-0.2, -0.15) is 5.10 Å². The largest absolute Gasteiger partial charge is 0.352 e. The number of aromatic nitrogens is 3. The van der Waals surface area contributed by atoms with Crippen molar-refractivity contribution in [3.8, 4) is 10.7 Å². The molecule has 2 heterocycles. The van der Waals surface area contributed by atoms with Crippen LogP contribution in [0.2, 0.25) is 0 Å². The highest BCUT2D eigenvalue weighted by molar-refractivity contribution is 7.71. The lowest BCUT2D eigenvalue weighted by Crippen LogP contribution is -2.42. The van der Waals surface area contributed by atoms with E-state index >= 15 is 0 Å². The highest BCUT2D eigenvalue weighted by Gasteiger charge is 2.23. The van der Waals surface area contributed by atoms with E-state index in [2.05, 4.69) is 22.4 Å². The Morgan fingerprint density at radius 2 is 2.36 bits per heavy atom. The second-order valence-electron chi connectivity index (χ2n) is 5.85. The molecule has 2 N–H and O–H groups in total. The van der Waals surface area contributed by atoms with Crippen molar-refractivity contribution in [3.63, 3.8) is 0 Å². The Labute approximate surface area is 138 Å². The van der Waals surface area contributed by atoms with Gasteiger partial charge in [-0.25, -0.2) is 0 Å². The molecule has 2 aromatic rings. The van der Waals surface area contributed by atoms with Crippen LogP contribution in [0.4, 0.5) is 0 Å². The molecular formula is C15H20N4OS2. The fourth-order valence-corrected chi connectivity index (χ4v) is 3.90. The summed E-state index contributed by atoms with van der Waals surface area (Å²) >= 11 is 6.85. The van der Waals surface area contributed by atoms with Gasteiger partial charge in [-0.05, 0) is 42.4 Å². The molecule has 0 saturated heterocycles. The highest BCUT2D eigenvalue weighted by atomic mass is 32.1. The fraction of sp³-hybridized carbons (Fsp3) is 0.533. The minimum atomic E-state index is 0.00839. The van der Waals surface area contributed by atoms with Gasteiger partial charge in [0.15, 0.2) is 10.6 Å². The van der Waals surface area contributed by atoms with Crippen LogP contribution in [0, 0.1) is 10.7 Å². The third-order valence-corrected chi connectivity index (χ3v) is 5.44. The number of nitrogens with one attached hydrogen (secondary N) is 2. The summed E-state index contributed by atoms with van der Waals surface area (Å²) in [6.45, 7) is 2.43. The van der Waals surface area contributed by atoms with Gasteiger partial charge in [0.2, 0.25) is 5.91 Å². The zero-order chi connectivity index (χ0) is 15.5. The molecular weight excluding hydrogens is 316 g/mol. The standard InChI is InChI=1S/C15H20N4OS2/c1-10-5-2-3-6-11(10)16-13(20)9-19-14(17-18-15(19)21)12-7-4-8-22-12/h4,7-8,10-11H,2-3,5-6,9H2,1H3,(H,16,20)(H,18,21)/t10-,11+/m1/s1. The van der Waals surface area contributed by atoms with Gasteiger partial charge in [0, 0.05) is 6.04 Å². The topological polar surface area (TPSA) is 62.7 Å². The molecule has 118 valence electrons. The predicted molar refractivity (Wildman–Crippen MR) is 90.3 cm³/mol. The minimum Gasteiger partial charge on any atom is -0.352 e. The van der Waals surface area contributed by atoms with Crippen molar-refractivity contribution < 1.29 is 4.79 Å². The first-order chi connectivity index (χ1) is 10.6. The first kappa shape index (κ1) is 15.4. The van der Waals surface area contributed by atoms with Crippen molar-refractivity contribution in [3.05, 3.63) is 22.3 Å². The van der Waals surface area contributed by atoms with Gasteiger partial charge in [-0.15, -0.1) is 11.3 Å². The van der Waals surface area contributed by atoms with Gasteiger partial charge in [-0.1, -0.05) is 25.8 Å². The van der Waals surface area contributed by atoms with E-state index < -0.39 is 0 Å². The molecule has 0 unspecified atom stereocenters. The van der Waals surface area contributed by atoms with Gasteiger partial charge >= 0.3 is 0 Å². The number of hydrogen-bond donors (Lipinski definition) is 2. The molecule has 1 amide bonds. The highest BCUT2D eigenvalue weighted by Crippen LogP contribution is 2.24. The molecule has 0 bridgehead atoms. The van der Waals surface area contributed by atoms with E-state index in [4.69, 9.17) is 12.2 Å². The third-order valence-electron chi connectivity index (χ3n) is 4.26. The van der Waals surface area contributed by atoms with Gasteiger partial charge in [-0.3, -0.25) is 14.5 Å². The molecule has 7 heteroatoms. The van der Waals surface area contributed by atoms with Gasteiger partial charge in [0.25, 0.3) is 0 Å². The second kappa shape index (κ2) is 6.75. The number of carbonyl (C=O) groups is 1. The average molecular weight is 336 g/mol. The number of aromatic amines is 1. The Bertz CT molecular complexity index is 689. The molecule has 1 fully saturated rings. The van der Waals surface area contributed by atoms with E-state index in [-0.39, 0.29) is 18.5 Å². The number of rotatable bonds is 4. The van der Waals surface area contributed by atoms with Crippen molar-refractivity contribution in [2.24, 2.45) is 5.92 Å². The summed E-state index contributed by atoms with van der Waals surface area (Å²) in [4.78, 5) is 13.4. The van der Waals surface area contributed by atoms with Crippen molar-refractivity contribution in [2.45, 2.75) is 45.2 Å². The molecule has 0 spiro atoms. The van der Waals surface area contributed by atoms with E-state index in [9.17, 15) is 4.79 Å². The van der Waals surface area contributed by atoms with Crippen molar-refractivity contribution in [2.75, 3.05) is 0 Å². The molecule has 22 heavy (non-hydrogen) atoms. The summed E-state index contributed by atoms with van der Waals surface area (Å²) in [6.07, 6.45) is 4.72. The molecule has 1 saturated carbocycles. The maximum atomic E-state index is 12.4. The number of nitrogens with zero attached hydrogens (tertiary/aromatic N) is 2. The SMILES string of the molecule is C[C@@H]1CCCC[C@@H]1NC(=O)Cn1c(-c2cccs2)n[nH]c1=S. The average Bonchev–Trinajstić information content (AvgIpc) is 3.12. The van der Waals surface area contributed by atoms with Crippen LogP contribution in [0.15, 0.2) is 17.5 Å². The molecule has 1 aliphatic rings. The van der Waals surface area contributed by atoms with Crippen LogP contribution < -0.4 is 5.32 Å². The van der Waals surface area contributed by atoms with Crippen LogP contribution in [-0.4, -0.2) is 26.7 Å². The normalized spacial score (nSPS) is 21.7. The third kappa shape index (κ3) is 3.30. The summed E-state index contributed by atoms with van der Waals surface area (Å²) in [7, 11) is 0. The van der Waals surface area contributed by atoms with E-state index in [0.717, 1.165) is 17.1 Å². The summed E-state index contributed by atoms with van der Waals surface area (Å²) in [5, 5.41) is 12.2. The Morgan fingerprint density at radius 1 is 1.55 bits per heavy atom. The molecule has 2 aromatic heterocycles. The Hall–Kier alpha value is -1.47. The molecule has 2 atom stereocenters. The summed E-state index contributed by atoms with van der Waals surface area (Å²) in [5.41, 5.74) is 0. The lowest BCUT2D eigenvalue weighted by molar-refractivity contribution is -0.122. The smallest absolute Gasteiger partial charge is 0.240 e.